The summed E-state index contributed by atoms with van der Waals surface area (Å²) in [5.41, 5.74) is 0.941. The van der Waals surface area contributed by atoms with Gasteiger partial charge in [0, 0.05) is 32.2 Å². The number of sulfone groups is 1. The molecule has 8 nitrogen and oxygen atoms in total. The number of carbonyl (C=O) groups is 2. The zero-order valence-corrected chi connectivity index (χ0v) is 17.7. The van der Waals surface area contributed by atoms with Crippen LogP contribution in [0.5, 0.6) is 5.75 Å². The number of likely N-dealkylation sites (tertiary alicyclic amines) is 1. The maximum Gasteiger partial charge on any atom is 0.225 e. The number of ether oxygens (including phenoxy) is 2. The molecule has 0 bridgehead atoms. The maximum absolute atomic E-state index is 12.5. The average Bonchev–Trinajstić information content (AvgIpc) is 3.45. The van der Waals surface area contributed by atoms with E-state index >= 15 is 0 Å². The van der Waals surface area contributed by atoms with Crippen molar-refractivity contribution in [3.05, 3.63) is 29.8 Å². The Kier molecular flexibility index (Phi) is 6.29. The number of rotatable bonds is 7. The minimum Gasteiger partial charge on any atom is -0.491 e. The number of hydrogen-bond donors (Lipinski definition) is 1. The smallest absolute Gasteiger partial charge is 0.225 e. The van der Waals surface area contributed by atoms with Crippen LogP contribution in [-0.4, -0.2) is 68.5 Å². The fourth-order valence-corrected chi connectivity index (χ4v) is 6.01. The fourth-order valence-electron chi connectivity index (χ4n) is 4.28. The van der Waals surface area contributed by atoms with Gasteiger partial charge in [0.25, 0.3) is 0 Å². The molecule has 3 aliphatic heterocycles. The van der Waals surface area contributed by atoms with E-state index in [1.807, 2.05) is 24.3 Å². The van der Waals surface area contributed by atoms with E-state index in [4.69, 9.17) is 9.47 Å². The third-order valence-corrected chi connectivity index (χ3v) is 7.78. The summed E-state index contributed by atoms with van der Waals surface area (Å²) in [6.07, 6.45) is 2.88. The SMILES string of the molecule is O=C(NCc1ccc(OC[C@@H]2CCCO2)cc1)[C@@H]1CC(=O)N([C@@H]2CCS(=O)(=O)C2)C1. The van der Waals surface area contributed by atoms with Crippen LogP contribution in [0.3, 0.4) is 0 Å². The number of carbonyl (C=O) groups excluding carboxylic acids is 2. The van der Waals surface area contributed by atoms with Gasteiger partial charge in [-0.05, 0) is 37.0 Å². The summed E-state index contributed by atoms with van der Waals surface area (Å²) in [5, 5.41) is 2.89. The minimum absolute atomic E-state index is 0.00830. The maximum atomic E-state index is 12.5. The summed E-state index contributed by atoms with van der Waals surface area (Å²) < 4.78 is 34.6. The Bertz CT molecular complexity index is 879. The molecule has 0 saturated carbocycles. The van der Waals surface area contributed by atoms with Crippen LogP contribution >= 0.6 is 0 Å². The van der Waals surface area contributed by atoms with E-state index in [0.29, 0.717) is 26.1 Å². The molecule has 1 aromatic carbocycles. The molecule has 0 unspecified atom stereocenters. The molecule has 0 spiro atoms. The van der Waals surface area contributed by atoms with Gasteiger partial charge < -0.3 is 19.7 Å². The molecule has 3 fully saturated rings. The van der Waals surface area contributed by atoms with Crippen LogP contribution in [0.2, 0.25) is 0 Å². The van der Waals surface area contributed by atoms with Gasteiger partial charge in [-0.1, -0.05) is 12.1 Å². The van der Waals surface area contributed by atoms with E-state index in [2.05, 4.69) is 5.32 Å². The summed E-state index contributed by atoms with van der Waals surface area (Å²) in [7, 11) is -3.06. The van der Waals surface area contributed by atoms with E-state index < -0.39 is 15.8 Å². The number of amides is 2. The lowest BCUT2D eigenvalue weighted by Crippen LogP contribution is -2.39. The summed E-state index contributed by atoms with van der Waals surface area (Å²) in [5.74, 6) is 0.148. The molecule has 1 aromatic rings. The molecule has 0 aromatic heterocycles. The minimum atomic E-state index is -3.06. The molecule has 3 atom stereocenters. The topological polar surface area (TPSA) is 102 Å². The first kappa shape index (κ1) is 21.1. The molecule has 0 radical (unpaired) electrons. The fraction of sp³-hybridized carbons (Fsp3) is 0.619. The van der Waals surface area contributed by atoms with E-state index in [1.54, 1.807) is 4.90 Å². The highest BCUT2D eigenvalue weighted by Gasteiger charge is 2.41. The third-order valence-electron chi connectivity index (χ3n) is 6.03. The lowest BCUT2D eigenvalue weighted by Gasteiger charge is -2.22. The van der Waals surface area contributed by atoms with E-state index in [-0.39, 0.29) is 41.9 Å². The molecule has 9 heteroatoms. The van der Waals surface area contributed by atoms with E-state index in [1.165, 1.54) is 0 Å². The van der Waals surface area contributed by atoms with Gasteiger partial charge in [0.1, 0.15) is 12.4 Å². The predicted molar refractivity (Wildman–Crippen MR) is 110 cm³/mol. The quantitative estimate of drug-likeness (QED) is 0.681. The van der Waals surface area contributed by atoms with Gasteiger partial charge in [-0.25, -0.2) is 8.42 Å². The number of benzene rings is 1. The summed E-state index contributed by atoms with van der Waals surface area (Å²) >= 11 is 0. The Morgan fingerprint density at radius 1 is 1.23 bits per heavy atom. The molecule has 0 aliphatic carbocycles. The number of nitrogens with one attached hydrogen (secondary N) is 1. The van der Waals surface area contributed by atoms with Gasteiger partial charge in [0.2, 0.25) is 11.8 Å². The monoisotopic (exact) mass is 436 g/mol. The van der Waals surface area contributed by atoms with Crippen molar-refractivity contribution < 1.29 is 27.5 Å². The standard InChI is InChI=1S/C21H28N2O6S/c24-20-10-16(12-23(20)17-7-9-30(26,27)14-17)21(25)22-11-15-3-5-18(6-4-15)29-13-19-2-1-8-28-19/h3-6,16-17,19H,1-2,7-14H2,(H,22,25)/t16-,17-,19+/m1/s1. The highest BCUT2D eigenvalue weighted by atomic mass is 32.2. The second-order valence-corrected chi connectivity index (χ2v) is 10.5. The average molecular weight is 437 g/mol. The largest absolute Gasteiger partial charge is 0.491 e. The first-order valence-corrected chi connectivity index (χ1v) is 12.3. The van der Waals surface area contributed by atoms with Crippen molar-refractivity contribution in [2.75, 3.05) is 31.3 Å². The van der Waals surface area contributed by atoms with Crippen molar-refractivity contribution in [1.29, 1.82) is 0 Å². The molecule has 3 heterocycles. The van der Waals surface area contributed by atoms with Gasteiger partial charge >= 0.3 is 0 Å². The summed E-state index contributed by atoms with van der Waals surface area (Å²) in [4.78, 5) is 26.4. The molecule has 3 aliphatic rings. The molecule has 30 heavy (non-hydrogen) atoms. The normalized spacial score (nSPS) is 28.1. The van der Waals surface area contributed by atoms with E-state index in [9.17, 15) is 18.0 Å². The molecule has 3 saturated heterocycles. The molecular weight excluding hydrogens is 408 g/mol. The Labute approximate surface area is 176 Å². The second-order valence-electron chi connectivity index (χ2n) is 8.31. The van der Waals surface area contributed by atoms with Crippen LogP contribution in [0.15, 0.2) is 24.3 Å². The summed E-state index contributed by atoms with van der Waals surface area (Å²) in [6, 6.07) is 7.26. The Morgan fingerprint density at radius 3 is 2.70 bits per heavy atom. The summed E-state index contributed by atoms with van der Waals surface area (Å²) in [6.45, 7) is 2.01. The van der Waals surface area contributed by atoms with Gasteiger partial charge in [0.15, 0.2) is 9.84 Å². The Balaban J connectivity index is 1.23. The van der Waals surface area contributed by atoms with Crippen LogP contribution in [-0.2, 0) is 30.7 Å². The van der Waals surface area contributed by atoms with Gasteiger partial charge in [-0.15, -0.1) is 0 Å². The Morgan fingerprint density at radius 2 is 2.03 bits per heavy atom. The second kappa shape index (κ2) is 8.93. The van der Waals surface area contributed by atoms with Crippen molar-refractivity contribution in [3.63, 3.8) is 0 Å². The van der Waals surface area contributed by atoms with Crippen molar-refractivity contribution in [2.24, 2.45) is 5.92 Å². The molecule has 4 rings (SSSR count). The highest BCUT2D eigenvalue weighted by Crippen LogP contribution is 2.26. The van der Waals surface area contributed by atoms with Crippen molar-refractivity contribution >= 4 is 21.7 Å². The first-order chi connectivity index (χ1) is 14.4. The zero-order chi connectivity index (χ0) is 21.1. The highest BCUT2D eigenvalue weighted by molar-refractivity contribution is 7.91. The van der Waals surface area contributed by atoms with Crippen LogP contribution in [0.25, 0.3) is 0 Å². The number of hydrogen-bond acceptors (Lipinski definition) is 6. The molecule has 1 N–H and O–H groups in total. The predicted octanol–water partition coefficient (Wildman–Crippen LogP) is 0.896. The third kappa shape index (κ3) is 5.13. The molecule has 2 amide bonds. The van der Waals surface area contributed by atoms with Gasteiger partial charge in [0.05, 0.1) is 23.5 Å². The van der Waals surface area contributed by atoms with Crippen LogP contribution in [0, 0.1) is 5.92 Å². The lowest BCUT2D eigenvalue weighted by molar-refractivity contribution is -0.130. The molecule has 164 valence electrons. The van der Waals surface area contributed by atoms with Gasteiger partial charge in [-0.3, -0.25) is 9.59 Å². The van der Waals surface area contributed by atoms with Crippen molar-refractivity contribution in [1.82, 2.24) is 10.2 Å². The Hall–Kier alpha value is -2.13. The molecular formula is C21H28N2O6S. The van der Waals surface area contributed by atoms with Crippen LogP contribution < -0.4 is 10.1 Å². The van der Waals surface area contributed by atoms with Gasteiger partial charge in [-0.2, -0.15) is 0 Å². The van der Waals surface area contributed by atoms with E-state index in [0.717, 1.165) is 30.8 Å². The van der Waals surface area contributed by atoms with Crippen molar-refractivity contribution in [3.8, 4) is 5.75 Å². The first-order valence-electron chi connectivity index (χ1n) is 10.5. The lowest BCUT2D eigenvalue weighted by atomic mass is 10.1. The number of nitrogens with zero attached hydrogens (tertiary/aromatic N) is 1. The zero-order valence-electron chi connectivity index (χ0n) is 16.9. The van der Waals surface area contributed by atoms with Crippen LogP contribution in [0.4, 0.5) is 0 Å². The van der Waals surface area contributed by atoms with Crippen LogP contribution in [0.1, 0.15) is 31.2 Å². The van der Waals surface area contributed by atoms with Crippen molar-refractivity contribution in [2.45, 2.75) is 44.4 Å².